The van der Waals surface area contributed by atoms with E-state index in [4.69, 9.17) is 4.74 Å². The molecule has 2 aliphatic heterocycles. The van der Waals surface area contributed by atoms with E-state index in [1.54, 1.807) is 0 Å². The topological polar surface area (TPSA) is 54.5 Å². The number of carbonyl (C=O) groups excluding carboxylic acids is 1. The lowest BCUT2D eigenvalue weighted by molar-refractivity contribution is -0.130. The minimum atomic E-state index is -0.426. The van der Waals surface area contributed by atoms with Gasteiger partial charge >= 0.3 is 0 Å². The Kier molecular flexibility index (Phi) is 6.33. The molecule has 1 fully saturated rings. The largest absolute Gasteiger partial charge is 0.490 e. The van der Waals surface area contributed by atoms with Crippen LogP contribution in [0.2, 0.25) is 0 Å². The second-order valence-electron chi connectivity index (χ2n) is 10.2. The van der Waals surface area contributed by atoms with Crippen molar-refractivity contribution < 1.29 is 9.53 Å². The molecule has 0 unspecified atom stereocenters. The Labute approximate surface area is 186 Å². The van der Waals surface area contributed by atoms with Crippen LogP contribution < -0.4 is 10.1 Å². The number of ether oxygens (including phenoxy) is 1. The number of benzene rings is 1. The number of fused-ring (bicyclic) bond motifs is 1. The first kappa shape index (κ1) is 21.8. The van der Waals surface area contributed by atoms with E-state index in [-0.39, 0.29) is 18.1 Å². The number of carbonyl (C=O) groups is 1. The van der Waals surface area contributed by atoms with Crippen molar-refractivity contribution in [2.45, 2.75) is 65.6 Å². The highest BCUT2D eigenvalue weighted by Crippen LogP contribution is 2.33. The van der Waals surface area contributed by atoms with E-state index in [0.717, 1.165) is 50.3 Å². The fourth-order valence-electron chi connectivity index (χ4n) is 4.69. The van der Waals surface area contributed by atoms with Crippen molar-refractivity contribution in [2.75, 3.05) is 13.1 Å². The van der Waals surface area contributed by atoms with Gasteiger partial charge in [0.15, 0.2) is 0 Å². The van der Waals surface area contributed by atoms with Crippen LogP contribution in [0.15, 0.2) is 42.6 Å². The fourth-order valence-corrected chi connectivity index (χ4v) is 4.69. The molecule has 1 saturated heterocycles. The van der Waals surface area contributed by atoms with Crippen molar-refractivity contribution in [1.82, 2.24) is 15.2 Å². The number of nitrogens with zero attached hydrogens (tertiary/aromatic N) is 2. The van der Waals surface area contributed by atoms with E-state index in [1.165, 1.54) is 11.1 Å². The molecule has 0 radical (unpaired) electrons. The van der Waals surface area contributed by atoms with Crippen molar-refractivity contribution in [2.24, 2.45) is 11.3 Å². The Balaban J connectivity index is 1.48. The Morgan fingerprint density at radius 1 is 1.29 bits per heavy atom. The Morgan fingerprint density at radius 2 is 2.13 bits per heavy atom. The summed E-state index contributed by atoms with van der Waals surface area (Å²) in [6.07, 6.45) is 5.31. The molecule has 2 aromatic rings. The van der Waals surface area contributed by atoms with E-state index in [2.05, 4.69) is 40.3 Å². The normalized spacial score (nSPS) is 22.5. The van der Waals surface area contributed by atoms with Crippen molar-refractivity contribution in [3.63, 3.8) is 0 Å². The zero-order valence-corrected chi connectivity index (χ0v) is 19.2. The van der Waals surface area contributed by atoms with Gasteiger partial charge in [-0.2, -0.15) is 0 Å². The highest BCUT2D eigenvalue weighted by Gasteiger charge is 2.33. The molecule has 5 nitrogen and oxygen atoms in total. The van der Waals surface area contributed by atoms with Gasteiger partial charge in [0.2, 0.25) is 5.91 Å². The number of hydrogen-bond donors (Lipinski definition) is 1. The quantitative estimate of drug-likeness (QED) is 0.771. The van der Waals surface area contributed by atoms with E-state index in [0.29, 0.717) is 5.92 Å². The minimum absolute atomic E-state index is 0.0648. The molecule has 1 aromatic carbocycles. The maximum Gasteiger partial charge on any atom is 0.225 e. The summed E-state index contributed by atoms with van der Waals surface area (Å²) >= 11 is 0. The number of aromatic nitrogens is 1. The Hall–Kier alpha value is -2.40. The average Bonchev–Trinajstić information content (AvgIpc) is 3.11. The van der Waals surface area contributed by atoms with Crippen LogP contribution in [0.3, 0.4) is 0 Å². The summed E-state index contributed by atoms with van der Waals surface area (Å²) in [5, 5.41) is 3.32. The molecule has 5 heteroatoms. The number of amides is 1. The molecule has 0 aliphatic carbocycles. The molecule has 1 N–H and O–H groups in total. The number of rotatable bonds is 5. The molecule has 0 bridgehead atoms. The predicted octanol–water partition coefficient (Wildman–Crippen LogP) is 4.52. The first-order valence-corrected chi connectivity index (χ1v) is 11.5. The Bertz CT molecular complexity index is 907. The maximum absolute atomic E-state index is 12.8. The molecule has 3 atom stereocenters. The third kappa shape index (κ3) is 5.27. The highest BCUT2D eigenvalue weighted by molar-refractivity contribution is 5.81. The van der Waals surface area contributed by atoms with Gasteiger partial charge in [-0.1, -0.05) is 39.0 Å². The number of hydrogen-bond acceptors (Lipinski definition) is 4. The van der Waals surface area contributed by atoms with Crippen LogP contribution >= 0.6 is 0 Å². The van der Waals surface area contributed by atoms with E-state index >= 15 is 0 Å². The lowest BCUT2D eigenvalue weighted by atomic mass is 9.86. The van der Waals surface area contributed by atoms with Crippen molar-refractivity contribution in [3.05, 3.63) is 59.4 Å². The van der Waals surface area contributed by atoms with Gasteiger partial charge in [0.25, 0.3) is 0 Å². The summed E-state index contributed by atoms with van der Waals surface area (Å²) in [5.41, 5.74) is 3.19. The van der Waals surface area contributed by atoms with Crippen LogP contribution in [0.5, 0.6) is 5.75 Å². The molecular weight excluding hydrogens is 386 g/mol. The van der Waals surface area contributed by atoms with Crippen molar-refractivity contribution >= 4 is 5.91 Å². The first-order chi connectivity index (χ1) is 14.8. The number of piperidine rings is 1. The molecule has 1 amide bonds. The molecular formula is C26H35N3O2. The molecule has 2 aliphatic rings. The van der Waals surface area contributed by atoms with Crippen LogP contribution in [-0.2, 0) is 17.8 Å². The lowest BCUT2D eigenvalue weighted by Gasteiger charge is -2.38. The summed E-state index contributed by atoms with van der Waals surface area (Å²) in [6, 6.07) is 12.5. The van der Waals surface area contributed by atoms with E-state index in [1.807, 2.05) is 45.2 Å². The second-order valence-corrected chi connectivity index (χ2v) is 10.2. The standard InChI is InChI=1S/C26H35N3O2/c1-18-14-21-15-19(10-11-23(21)31-18)16-29-13-7-8-20(17-29)24(22-9-5-6-12-27-22)28-25(30)26(2,3)4/h5-6,9-12,15,18,20,24H,7-8,13-14,16-17H2,1-4H3,(H,28,30)/t18-,20+,24-/m1/s1. The summed E-state index contributed by atoms with van der Waals surface area (Å²) in [6.45, 7) is 11.0. The summed E-state index contributed by atoms with van der Waals surface area (Å²) in [7, 11) is 0. The first-order valence-electron chi connectivity index (χ1n) is 11.5. The average molecular weight is 422 g/mol. The van der Waals surface area contributed by atoms with Gasteiger partial charge in [-0.05, 0) is 61.6 Å². The maximum atomic E-state index is 12.8. The molecule has 0 saturated carbocycles. The molecule has 3 heterocycles. The van der Waals surface area contributed by atoms with E-state index in [9.17, 15) is 4.79 Å². The zero-order chi connectivity index (χ0) is 22.0. The third-order valence-corrected chi connectivity index (χ3v) is 6.35. The number of nitrogens with one attached hydrogen (secondary N) is 1. The van der Waals surface area contributed by atoms with Gasteiger partial charge in [0.05, 0.1) is 11.7 Å². The number of pyridine rings is 1. The summed E-state index contributed by atoms with van der Waals surface area (Å²) < 4.78 is 5.85. The van der Waals surface area contributed by atoms with Crippen LogP contribution in [0.4, 0.5) is 0 Å². The van der Waals surface area contributed by atoms with Gasteiger partial charge < -0.3 is 10.1 Å². The fraction of sp³-hybridized carbons (Fsp3) is 0.538. The van der Waals surface area contributed by atoms with Gasteiger partial charge in [-0.3, -0.25) is 14.7 Å². The zero-order valence-electron chi connectivity index (χ0n) is 19.2. The minimum Gasteiger partial charge on any atom is -0.490 e. The molecule has 166 valence electrons. The van der Waals surface area contributed by atoms with Gasteiger partial charge in [-0.15, -0.1) is 0 Å². The highest BCUT2D eigenvalue weighted by atomic mass is 16.5. The molecule has 4 rings (SSSR count). The van der Waals surface area contributed by atoms with Crippen molar-refractivity contribution in [1.29, 1.82) is 0 Å². The third-order valence-electron chi connectivity index (χ3n) is 6.35. The SMILES string of the molecule is C[C@@H]1Cc2cc(CN3CCC[C@H]([C@@H](NC(=O)C(C)(C)C)c4ccccn4)C3)ccc2O1. The van der Waals surface area contributed by atoms with Crippen LogP contribution in [0, 0.1) is 11.3 Å². The van der Waals surface area contributed by atoms with Gasteiger partial charge in [0, 0.05) is 31.1 Å². The predicted molar refractivity (Wildman–Crippen MR) is 123 cm³/mol. The summed E-state index contributed by atoms with van der Waals surface area (Å²) in [4.78, 5) is 20.0. The van der Waals surface area contributed by atoms with Crippen LogP contribution in [-0.4, -0.2) is 35.0 Å². The monoisotopic (exact) mass is 421 g/mol. The van der Waals surface area contributed by atoms with E-state index < -0.39 is 5.41 Å². The van der Waals surface area contributed by atoms with Crippen molar-refractivity contribution in [3.8, 4) is 5.75 Å². The van der Waals surface area contributed by atoms with Gasteiger partial charge in [0.1, 0.15) is 11.9 Å². The summed E-state index contributed by atoms with van der Waals surface area (Å²) in [5.74, 6) is 1.45. The van der Waals surface area contributed by atoms with Crippen LogP contribution in [0.25, 0.3) is 0 Å². The van der Waals surface area contributed by atoms with Crippen LogP contribution in [0.1, 0.15) is 63.4 Å². The Morgan fingerprint density at radius 3 is 2.87 bits per heavy atom. The molecule has 31 heavy (non-hydrogen) atoms. The van der Waals surface area contributed by atoms with Gasteiger partial charge in [-0.25, -0.2) is 0 Å². The smallest absolute Gasteiger partial charge is 0.225 e. The molecule has 1 aromatic heterocycles. The molecule has 0 spiro atoms. The second kappa shape index (κ2) is 8.99. The number of likely N-dealkylation sites (tertiary alicyclic amines) is 1. The lowest BCUT2D eigenvalue weighted by Crippen LogP contribution is -2.45.